The molecule has 4 nitrogen and oxygen atoms in total. The van der Waals surface area contributed by atoms with Gasteiger partial charge in [0.25, 0.3) is 0 Å². The Morgan fingerprint density at radius 2 is 2.26 bits per heavy atom. The molecule has 7 heteroatoms. The van der Waals surface area contributed by atoms with Gasteiger partial charge in [-0.3, -0.25) is 4.79 Å². The molecule has 0 saturated heterocycles. The van der Waals surface area contributed by atoms with Gasteiger partial charge in [0.1, 0.15) is 10.0 Å². The molecule has 0 bridgehead atoms. The van der Waals surface area contributed by atoms with Crippen molar-refractivity contribution < 1.29 is 4.79 Å². The standard InChI is InChI=1S/C16H14ClN3OS2/c1-8(21)19-15-14(10-4-5-18-7-13(10)23-15)16-20-11-3-2-9(17)6-12(11)22-16/h2-3,6,18H,4-5,7H2,1H3,(H,19,21). The Hall–Kier alpha value is -1.47. The number of fused-ring (bicyclic) bond motifs is 2. The highest BCUT2D eigenvalue weighted by Gasteiger charge is 2.24. The van der Waals surface area contributed by atoms with Crippen molar-refractivity contribution in [2.24, 2.45) is 0 Å². The highest BCUT2D eigenvalue weighted by molar-refractivity contribution is 7.23. The van der Waals surface area contributed by atoms with Crippen LogP contribution in [-0.2, 0) is 17.8 Å². The minimum atomic E-state index is -0.0537. The molecular formula is C16H14ClN3OS2. The van der Waals surface area contributed by atoms with Crippen LogP contribution in [0.25, 0.3) is 20.8 Å². The van der Waals surface area contributed by atoms with Crippen molar-refractivity contribution in [3.63, 3.8) is 0 Å². The second-order valence-corrected chi connectivity index (χ2v) is 8.02. The molecule has 0 spiro atoms. The maximum absolute atomic E-state index is 11.6. The summed E-state index contributed by atoms with van der Waals surface area (Å²) >= 11 is 9.35. The van der Waals surface area contributed by atoms with Gasteiger partial charge in [-0.2, -0.15) is 0 Å². The monoisotopic (exact) mass is 363 g/mol. The fourth-order valence-electron chi connectivity index (χ4n) is 2.81. The maximum atomic E-state index is 11.6. The van der Waals surface area contributed by atoms with E-state index < -0.39 is 0 Å². The van der Waals surface area contributed by atoms with Crippen molar-refractivity contribution >= 4 is 55.4 Å². The molecule has 0 unspecified atom stereocenters. The number of carbonyl (C=O) groups is 1. The largest absolute Gasteiger partial charge is 0.317 e. The van der Waals surface area contributed by atoms with Crippen LogP contribution in [0.3, 0.4) is 0 Å². The van der Waals surface area contributed by atoms with Gasteiger partial charge >= 0.3 is 0 Å². The number of benzene rings is 1. The molecule has 2 aromatic heterocycles. The SMILES string of the molecule is CC(=O)Nc1sc2c(c1-c1nc3ccc(Cl)cc3s1)CCNC2. The molecule has 0 atom stereocenters. The Kier molecular flexibility index (Phi) is 3.85. The number of nitrogens with one attached hydrogen (secondary N) is 2. The quantitative estimate of drug-likeness (QED) is 0.714. The van der Waals surface area contributed by atoms with Gasteiger partial charge < -0.3 is 10.6 Å². The minimum Gasteiger partial charge on any atom is -0.317 e. The van der Waals surface area contributed by atoms with E-state index in [4.69, 9.17) is 16.6 Å². The molecule has 3 heterocycles. The lowest BCUT2D eigenvalue weighted by Gasteiger charge is -2.13. The number of thiazole rings is 1. The molecular weight excluding hydrogens is 350 g/mol. The van der Waals surface area contributed by atoms with Crippen molar-refractivity contribution in [1.82, 2.24) is 10.3 Å². The summed E-state index contributed by atoms with van der Waals surface area (Å²) in [7, 11) is 0. The molecule has 1 aromatic carbocycles. The first-order chi connectivity index (χ1) is 11.1. The summed E-state index contributed by atoms with van der Waals surface area (Å²) in [6, 6.07) is 5.74. The van der Waals surface area contributed by atoms with E-state index >= 15 is 0 Å². The summed E-state index contributed by atoms with van der Waals surface area (Å²) in [5.74, 6) is -0.0537. The summed E-state index contributed by atoms with van der Waals surface area (Å²) in [5.41, 5.74) is 3.33. The molecule has 118 valence electrons. The third-order valence-electron chi connectivity index (χ3n) is 3.78. The minimum absolute atomic E-state index is 0.0537. The van der Waals surface area contributed by atoms with Crippen LogP contribution < -0.4 is 10.6 Å². The van der Waals surface area contributed by atoms with Gasteiger partial charge in [0.2, 0.25) is 5.91 Å². The fourth-order valence-corrected chi connectivity index (χ4v) is 5.46. The molecule has 0 fully saturated rings. The fraction of sp³-hybridized carbons (Fsp3) is 0.250. The van der Waals surface area contributed by atoms with E-state index in [1.165, 1.54) is 10.4 Å². The van der Waals surface area contributed by atoms with E-state index in [2.05, 4.69) is 10.6 Å². The zero-order valence-corrected chi connectivity index (χ0v) is 14.8. The second-order valence-electron chi connectivity index (χ2n) is 5.45. The number of nitrogens with zero attached hydrogens (tertiary/aromatic N) is 1. The smallest absolute Gasteiger partial charge is 0.221 e. The number of hydrogen-bond acceptors (Lipinski definition) is 5. The summed E-state index contributed by atoms with van der Waals surface area (Å²) in [4.78, 5) is 17.6. The first-order valence-electron chi connectivity index (χ1n) is 7.31. The molecule has 1 aliphatic rings. The van der Waals surface area contributed by atoms with Crippen LogP contribution in [0.5, 0.6) is 0 Å². The summed E-state index contributed by atoms with van der Waals surface area (Å²) in [5, 5.41) is 8.92. The average Bonchev–Trinajstić information content (AvgIpc) is 3.05. The molecule has 4 rings (SSSR count). The van der Waals surface area contributed by atoms with Gasteiger partial charge in [0.15, 0.2) is 0 Å². The van der Waals surface area contributed by atoms with Gasteiger partial charge in [0.05, 0.1) is 10.2 Å². The van der Waals surface area contributed by atoms with E-state index in [-0.39, 0.29) is 5.91 Å². The van der Waals surface area contributed by atoms with E-state index in [0.29, 0.717) is 5.02 Å². The first kappa shape index (κ1) is 15.1. The van der Waals surface area contributed by atoms with E-state index in [1.807, 2.05) is 18.2 Å². The maximum Gasteiger partial charge on any atom is 0.221 e. The Bertz CT molecular complexity index is 916. The Labute approximate surface area is 146 Å². The van der Waals surface area contributed by atoms with Crippen LogP contribution in [0.1, 0.15) is 17.4 Å². The molecule has 2 N–H and O–H groups in total. The zero-order chi connectivity index (χ0) is 16.0. The third kappa shape index (κ3) is 2.76. The van der Waals surface area contributed by atoms with Crippen molar-refractivity contribution in [2.45, 2.75) is 19.9 Å². The Morgan fingerprint density at radius 1 is 1.39 bits per heavy atom. The van der Waals surface area contributed by atoms with Crippen molar-refractivity contribution in [2.75, 3.05) is 11.9 Å². The van der Waals surface area contributed by atoms with Gasteiger partial charge in [-0.25, -0.2) is 4.98 Å². The van der Waals surface area contributed by atoms with Crippen LogP contribution in [0.2, 0.25) is 5.02 Å². The average molecular weight is 364 g/mol. The predicted octanol–water partition coefficient (Wildman–Crippen LogP) is 4.28. The number of halogens is 1. The van der Waals surface area contributed by atoms with E-state index in [1.54, 1.807) is 29.6 Å². The molecule has 1 aliphatic heterocycles. The number of thiophene rings is 1. The second kappa shape index (κ2) is 5.87. The van der Waals surface area contributed by atoms with E-state index in [9.17, 15) is 4.79 Å². The molecule has 0 saturated carbocycles. The highest BCUT2D eigenvalue weighted by Crippen LogP contribution is 2.44. The molecule has 3 aromatic rings. The topological polar surface area (TPSA) is 54.0 Å². The lowest BCUT2D eigenvalue weighted by atomic mass is 10.0. The van der Waals surface area contributed by atoms with Gasteiger partial charge in [-0.15, -0.1) is 22.7 Å². The van der Waals surface area contributed by atoms with Crippen LogP contribution in [0.15, 0.2) is 18.2 Å². The number of anilines is 1. The number of amides is 1. The van der Waals surface area contributed by atoms with Crippen LogP contribution in [0, 0.1) is 0 Å². The van der Waals surface area contributed by atoms with Gasteiger partial charge in [-0.1, -0.05) is 11.6 Å². The van der Waals surface area contributed by atoms with Crippen LogP contribution in [-0.4, -0.2) is 17.4 Å². The number of rotatable bonds is 2. The molecule has 0 aliphatic carbocycles. The first-order valence-corrected chi connectivity index (χ1v) is 9.32. The van der Waals surface area contributed by atoms with Gasteiger partial charge in [-0.05, 0) is 36.7 Å². The van der Waals surface area contributed by atoms with Crippen molar-refractivity contribution in [3.8, 4) is 10.6 Å². The predicted molar refractivity (Wildman–Crippen MR) is 97.7 cm³/mol. The van der Waals surface area contributed by atoms with Crippen molar-refractivity contribution in [3.05, 3.63) is 33.7 Å². The van der Waals surface area contributed by atoms with Crippen LogP contribution in [0.4, 0.5) is 5.00 Å². The van der Waals surface area contributed by atoms with E-state index in [0.717, 1.165) is 45.3 Å². The number of hydrogen-bond donors (Lipinski definition) is 2. The molecule has 1 amide bonds. The van der Waals surface area contributed by atoms with Crippen molar-refractivity contribution in [1.29, 1.82) is 0 Å². The highest BCUT2D eigenvalue weighted by atomic mass is 35.5. The lowest BCUT2D eigenvalue weighted by Crippen LogP contribution is -2.22. The number of aromatic nitrogens is 1. The van der Waals surface area contributed by atoms with Crippen LogP contribution >= 0.6 is 34.3 Å². The molecule has 23 heavy (non-hydrogen) atoms. The van der Waals surface area contributed by atoms with Gasteiger partial charge in [0, 0.05) is 28.9 Å². The zero-order valence-electron chi connectivity index (χ0n) is 12.4. The summed E-state index contributed by atoms with van der Waals surface area (Å²) < 4.78 is 1.06. The normalized spacial score (nSPS) is 14.0. The third-order valence-corrected chi connectivity index (χ3v) is 6.20. The molecule has 0 radical (unpaired) electrons. The summed E-state index contributed by atoms with van der Waals surface area (Å²) in [6.45, 7) is 3.34. The Balaban J connectivity index is 1.90. The number of carbonyl (C=O) groups excluding carboxylic acids is 1. The summed E-state index contributed by atoms with van der Waals surface area (Å²) in [6.07, 6.45) is 0.956. The Morgan fingerprint density at radius 3 is 3.09 bits per heavy atom. The lowest BCUT2D eigenvalue weighted by molar-refractivity contribution is -0.114.